The molecule has 0 saturated carbocycles. The number of aryl methyl sites for hydroxylation is 2. The van der Waals surface area contributed by atoms with Crippen LogP contribution in [-0.2, 0) is 25.8 Å². The van der Waals surface area contributed by atoms with Gasteiger partial charge >= 0.3 is 0 Å². The second kappa shape index (κ2) is 3.63. The first-order valence-electron chi connectivity index (χ1n) is 2.40. The number of hydrogen-bond acceptors (Lipinski definition) is 0. The largest absolute Gasteiger partial charge is 0.139 e. The fourth-order valence-corrected chi connectivity index (χ4v) is 1.56. The van der Waals surface area contributed by atoms with Crippen LogP contribution in [0.25, 0.3) is 0 Å². The van der Waals surface area contributed by atoms with Gasteiger partial charge in [0.05, 0.1) is 0 Å². The van der Waals surface area contributed by atoms with Crippen LogP contribution in [0.4, 0.5) is 0 Å². The molecule has 1 radical (unpaired) electrons. The Morgan fingerprint density at radius 2 is 1.50 bits per heavy atom. The normalized spacial score (nSPS) is 8.25. The minimum atomic E-state index is 0. The summed E-state index contributed by atoms with van der Waals surface area (Å²) in [7, 11) is 0.945. The van der Waals surface area contributed by atoms with E-state index in [-0.39, 0.29) is 25.8 Å². The van der Waals surface area contributed by atoms with Gasteiger partial charge in [-0.05, 0) is 36.6 Å². The molecule has 0 spiro atoms. The van der Waals surface area contributed by atoms with Crippen LogP contribution in [0.15, 0.2) is 11.6 Å². The molecular formula is C6H9PSc. The van der Waals surface area contributed by atoms with E-state index in [0.717, 1.165) is 8.19 Å². The average molecular weight is 157 g/mol. The van der Waals surface area contributed by atoms with E-state index in [9.17, 15) is 0 Å². The summed E-state index contributed by atoms with van der Waals surface area (Å²) in [5, 5.41) is 0. The van der Waals surface area contributed by atoms with Crippen LogP contribution in [0.1, 0.15) is 11.1 Å². The van der Waals surface area contributed by atoms with Gasteiger partial charge < -0.3 is 0 Å². The molecule has 0 unspecified atom stereocenters. The van der Waals surface area contributed by atoms with Gasteiger partial charge in [0.15, 0.2) is 0 Å². The van der Waals surface area contributed by atoms with Gasteiger partial charge in [0, 0.05) is 25.8 Å². The summed E-state index contributed by atoms with van der Waals surface area (Å²) >= 11 is 0. The van der Waals surface area contributed by atoms with Crippen molar-refractivity contribution in [2.75, 3.05) is 0 Å². The molecule has 0 saturated heterocycles. The monoisotopic (exact) mass is 157 g/mol. The van der Waals surface area contributed by atoms with Crippen LogP contribution in [0.5, 0.6) is 0 Å². The SMILES string of the molecule is Cc1c[pH]cc1C.[Sc]. The van der Waals surface area contributed by atoms with Gasteiger partial charge in [0.1, 0.15) is 0 Å². The molecule has 1 heterocycles. The Morgan fingerprint density at radius 1 is 1.12 bits per heavy atom. The summed E-state index contributed by atoms with van der Waals surface area (Å²) in [6, 6.07) is 0. The fraction of sp³-hybridized carbons (Fsp3) is 0.333. The fourth-order valence-electron chi connectivity index (χ4n) is 0.519. The molecular weight excluding hydrogens is 148 g/mol. The molecule has 0 bridgehead atoms. The predicted molar refractivity (Wildman–Crippen MR) is 35.4 cm³/mol. The van der Waals surface area contributed by atoms with Crippen molar-refractivity contribution < 1.29 is 25.8 Å². The summed E-state index contributed by atoms with van der Waals surface area (Å²) in [4.78, 5) is 0. The van der Waals surface area contributed by atoms with E-state index in [1.807, 2.05) is 0 Å². The molecule has 0 aliphatic rings. The number of hydrogen-bond donors (Lipinski definition) is 0. The minimum Gasteiger partial charge on any atom is -0.139 e. The van der Waals surface area contributed by atoms with Gasteiger partial charge in [-0.1, -0.05) is 0 Å². The zero-order chi connectivity index (χ0) is 5.28. The topological polar surface area (TPSA) is 0 Å². The molecule has 8 heavy (non-hydrogen) atoms. The molecule has 0 fully saturated rings. The van der Waals surface area contributed by atoms with Gasteiger partial charge in [-0.2, -0.15) is 0 Å². The standard InChI is InChI=1S/C6H9P.Sc/c1-5-3-7-4-6(5)2;/h3-4,7H,1-2H3;. The van der Waals surface area contributed by atoms with Gasteiger partial charge in [-0.15, -0.1) is 8.19 Å². The van der Waals surface area contributed by atoms with Crippen LogP contribution in [0.3, 0.4) is 0 Å². The zero-order valence-corrected chi connectivity index (χ0v) is 8.04. The summed E-state index contributed by atoms with van der Waals surface area (Å²) in [6.07, 6.45) is 0. The van der Waals surface area contributed by atoms with Gasteiger partial charge in [0.25, 0.3) is 0 Å². The molecule has 1 aromatic rings. The van der Waals surface area contributed by atoms with E-state index < -0.39 is 0 Å². The summed E-state index contributed by atoms with van der Waals surface area (Å²) in [5.74, 6) is 4.55. The van der Waals surface area contributed by atoms with Crippen molar-refractivity contribution in [1.82, 2.24) is 0 Å². The maximum Gasteiger partial charge on any atom is 0 e. The molecule has 1 rings (SSSR count). The molecule has 0 atom stereocenters. The summed E-state index contributed by atoms with van der Waals surface area (Å²) < 4.78 is 0. The molecule has 0 aromatic carbocycles. The third-order valence-corrected chi connectivity index (χ3v) is 2.42. The van der Waals surface area contributed by atoms with Gasteiger partial charge in [-0.3, -0.25) is 0 Å². The molecule has 0 aliphatic carbocycles. The molecule has 0 N–H and O–H groups in total. The Kier molecular flexibility index (Phi) is 3.93. The maximum absolute atomic E-state index is 2.27. The smallest absolute Gasteiger partial charge is 0 e. The van der Waals surface area contributed by atoms with Crippen molar-refractivity contribution in [3.63, 3.8) is 0 Å². The van der Waals surface area contributed by atoms with Crippen molar-refractivity contribution in [2.24, 2.45) is 0 Å². The Bertz CT molecular complexity index is 141. The zero-order valence-electron chi connectivity index (χ0n) is 5.23. The second-order valence-electron chi connectivity index (χ2n) is 1.82. The first kappa shape index (κ1) is 8.65. The summed E-state index contributed by atoms with van der Waals surface area (Å²) in [6.45, 7) is 4.32. The van der Waals surface area contributed by atoms with Crippen molar-refractivity contribution in [2.45, 2.75) is 13.8 Å². The Morgan fingerprint density at radius 3 is 1.62 bits per heavy atom. The quantitative estimate of drug-likeness (QED) is 0.542. The second-order valence-corrected chi connectivity index (χ2v) is 2.73. The predicted octanol–water partition coefficient (Wildman–Crippen LogP) is 2.33. The van der Waals surface area contributed by atoms with Crippen molar-refractivity contribution in [3.8, 4) is 0 Å². The third kappa shape index (κ3) is 1.87. The van der Waals surface area contributed by atoms with Crippen LogP contribution in [0.2, 0.25) is 0 Å². The van der Waals surface area contributed by atoms with Crippen molar-refractivity contribution in [3.05, 3.63) is 22.7 Å². The Balaban J connectivity index is 0.000000490. The van der Waals surface area contributed by atoms with Crippen LogP contribution < -0.4 is 0 Å². The van der Waals surface area contributed by atoms with E-state index in [2.05, 4.69) is 25.4 Å². The Labute approximate surface area is 70.6 Å². The molecule has 1 aromatic heterocycles. The van der Waals surface area contributed by atoms with E-state index in [0.29, 0.717) is 0 Å². The molecule has 2 heteroatoms. The van der Waals surface area contributed by atoms with Crippen molar-refractivity contribution >= 4 is 8.19 Å². The molecule has 0 amide bonds. The van der Waals surface area contributed by atoms with E-state index >= 15 is 0 Å². The first-order valence-corrected chi connectivity index (χ1v) is 3.56. The minimum absolute atomic E-state index is 0. The van der Waals surface area contributed by atoms with Crippen LogP contribution in [0, 0.1) is 13.8 Å². The maximum atomic E-state index is 2.27. The van der Waals surface area contributed by atoms with Gasteiger partial charge in [0.2, 0.25) is 0 Å². The number of rotatable bonds is 0. The third-order valence-electron chi connectivity index (χ3n) is 1.22. The van der Waals surface area contributed by atoms with E-state index in [4.69, 9.17) is 0 Å². The Hall–Kier alpha value is 0.650. The van der Waals surface area contributed by atoms with E-state index in [1.54, 1.807) is 0 Å². The van der Waals surface area contributed by atoms with Crippen molar-refractivity contribution in [1.29, 1.82) is 0 Å². The first-order chi connectivity index (χ1) is 3.30. The summed E-state index contributed by atoms with van der Waals surface area (Å²) in [5.41, 5.74) is 2.91. The van der Waals surface area contributed by atoms with Gasteiger partial charge in [-0.25, -0.2) is 0 Å². The van der Waals surface area contributed by atoms with E-state index in [1.165, 1.54) is 11.1 Å². The molecule has 0 nitrogen and oxygen atoms in total. The van der Waals surface area contributed by atoms with Crippen LogP contribution in [-0.4, -0.2) is 0 Å². The molecule has 0 aliphatic heterocycles. The van der Waals surface area contributed by atoms with Crippen LogP contribution >= 0.6 is 8.19 Å². The molecule has 41 valence electrons. The average Bonchev–Trinajstić information content (AvgIpc) is 1.91.